The quantitative estimate of drug-likeness (QED) is 0.802. The van der Waals surface area contributed by atoms with Gasteiger partial charge >= 0.3 is 0 Å². The van der Waals surface area contributed by atoms with E-state index in [1.165, 1.54) is 5.69 Å². The number of aromatic nitrogens is 2. The summed E-state index contributed by atoms with van der Waals surface area (Å²) in [6, 6.07) is 16.1. The number of aliphatic hydroxyl groups excluding tert-OH is 1. The number of imidazole rings is 1. The zero-order chi connectivity index (χ0) is 16.4. The van der Waals surface area contributed by atoms with Gasteiger partial charge in [-0.1, -0.05) is 36.4 Å². The van der Waals surface area contributed by atoms with Crippen molar-refractivity contribution in [2.75, 3.05) is 13.1 Å². The lowest BCUT2D eigenvalue weighted by Crippen LogP contribution is -2.35. The molecule has 24 heavy (non-hydrogen) atoms. The summed E-state index contributed by atoms with van der Waals surface area (Å²) in [7, 11) is 0. The molecule has 0 spiro atoms. The Kier molecular flexibility index (Phi) is 4.32. The summed E-state index contributed by atoms with van der Waals surface area (Å²) in [6.45, 7) is 2.96. The molecule has 3 aromatic rings. The molecule has 3 heterocycles. The fraction of sp³-hybridized carbons (Fsp3) is 0.350. The van der Waals surface area contributed by atoms with Gasteiger partial charge in [-0.2, -0.15) is 0 Å². The Labute approximate surface area is 142 Å². The number of hydrogen-bond donors (Lipinski definition) is 1. The van der Waals surface area contributed by atoms with E-state index in [-0.39, 0.29) is 6.10 Å². The van der Waals surface area contributed by atoms with Gasteiger partial charge in [0.15, 0.2) is 0 Å². The van der Waals surface area contributed by atoms with Gasteiger partial charge in [0.25, 0.3) is 0 Å². The molecular formula is C20H23N3O. The van der Waals surface area contributed by atoms with Gasteiger partial charge < -0.3 is 9.51 Å². The molecule has 1 saturated heterocycles. The van der Waals surface area contributed by atoms with Gasteiger partial charge in [-0.05, 0) is 49.5 Å². The molecule has 0 amide bonds. The second kappa shape index (κ2) is 6.75. The third-order valence-corrected chi connectivity index (χ3v) is 5.10. The van der Waals surface area contributed by atoms with Crippen molar-refractivity contribution in [1.29, 1.82) is 0 Å². The van der Waals surface area contributed by atoms with E-state index in [0.717, 1.165) is 43.7 Å². The summed E-state index contributed by atoms with van der Waals surface area (Å²) in [4.78, 5) is 6.93. The zero-order valence-electron chi connectivity index (χ0n) is 13.8. The van der Waals surface area contributed by atoms with Crippen LogP contribution < -0.4 is 0 Å². The molecule has 1 N–H and O–H groups in total. The summed E-state index contributed by atoms with van der Waals surface area (Å²) in [5, 5.41) is 10.6. The van der Waals surface area contributed by atoms with E-state index in [2.05, 4.69) is 20.5 Å². The van der Waals surface area contributed by atoms with Gasteiger partial charge in [-0.3, -0.25) is 4.90 Å². The normalized spacial score (nSPS) is 18.0. The van der Waals surface area contributed by atoms with E-state index in [1.807, 2.05) is 54.7 Å². The largest absolute Gasteiger partial charge is 0.388 e. The molecule has 1 aliphatic rings. The average molecular weight is 321 g/mol. The first-order valence-electron chi connectivity index (χ1n) is 8.67. The van der Waals surface area contributed by atoms with Crippen LogP contribution in [-0.2, 0) is 6.54 Å². The van der Waals surface area contributed by atoms with Crippen molar-refractivity contribution >= 4 is 5.65 Å². The molecule has 2 aromatic heterocycles. The highest BCUT2D eigenvalue weighted by Crippen LogP contribution is 2.31. The van der Waals surface area contributed by atoms with Crippen LogP contribution in [0.25, 0.3) is 5.65 Å². The summed E-state index contributed by atoms with van der Waals surface area (Å²) < 4.78 is 2.16. The van der Waals surface area contributed by atoms with Crippen LogP contribution in [-0.4, -0.2) is 32.5 Å². The summed E-state index contributed by atoms with van der Waals surface area (Å²) >= 11 is 0. The number of likely N-dealkylation sites (tertiary alicyclic amines) is 1. The predicted molar refractivity (Wildman–Crippen MR) is 94.6 cm³/mol. The van der Waals surface area contributed by atoms with E-state index in [9.17, 15) is 5.11 Å². The second-order valence-corrected chi connectivity index (χ2v) is 6.65. The number of fused-ring (bicyclic) bond motifs is 1. The van der Waals surface area contributed by atoms with Crippen molar-refractivity contribution in [3.05, 3.63) is 72.2 Å². The topological polar surface area (TPSA) is 40.8 Å². The predicted octanol–water partition coefficient (Wildman–Crippen LogP) is 3.28. The minimum atomic E-state index is -0.343. The van der Waals surface area contributed by atoms with Gasteiger partial charge in [-0.15, -0.1) is 0 Å². The number of benzene rings is 1. The van der Waals surface area contributed by atoms with Crippen molar-refractivity contribution < 1.29 is 5.11 Å². The average Bonchev–Trinajstić information content (AvgIpc) is 3.06. The first kappa shape index (κ1) is 15.4. The minimum Gasteiger partial charge on any atom is -0.388 e. The molecule has 1 aliphatic heterocycles. The Balaban J connectivity index is 1.38. The molecule has 1 aromatic carbocycles. The molecule has 0 bridgehead atoms. The van der Waals surface area contributed by atoms with Gasteiger partial charge in [0.2, 0.25) is 0 Å². The second-order valence-electron chi connectivity index (χ2n) is 6.65. The monoisotopic (exact) mass is 321 g/mol. The van der Waals surface area contributed by atoms with Crippen molar-refractivity contribution in [3.8, 4) is 0 Å². The molecule has 0 radical (unpaired) electrons. The Morgan fingerprint density at radius 3 is 2.58 bits per heavy atom. The molecule has 0 aliphatic carbocycles. The highest BCUT2D eigenvalue weighted by Gasteiger charge is 2.26. The van der Waals surface area contributed by atoms with E-state index in [4.69, 9.17) is 0 Å². The van der Waals surface area contributed by atoms with Crippen LogP contribution in [0.2, 0.25) is 0 Å². The van der Waals surface area contributed by atoms with Gasteiger partial charge in [0.1, 0.15) is 5.65 Å². The molecule has 1 fully saturated rings. The maximum absolute atomic E-state index is 10.6. The smallest absolute Gasteiger partial charge is 0.136 e. The Morgan fingerprint density at radius 1 is 1.04 bits per heavy atom. The summed E-state index contributed by atoms with van der Waals surface area (Å²) in [5.41, 5.74) is 3.27. The minimum absolute atomic E-state index is 0.343. The number of hydrogen-bond acceptors (Lipinski definition) is 3. The lowest BCUT2D eigenvalue weighted by molar-refractivity contribution is 0.0564. The standard InChI is InChI=1S/C20H23N3O/c24-20(16-6-2-1-3-7-16)17-9-12-22(13-10-17)15-18-14-21-19-8-4-5-11-23(18)19/h1-8,11,14,17,20,24H,9-10,12-13,15H2. The van der Waals surface area contributed by atoms with E-state index in [0.29, 0.717) is 5.92 Å². The number of piperidine rings is 1. The lowest BCUT2D eigenvalue weighted by atomic mass is 9.87. The van der Waals surface area contributed by atoms with Crippen LogP contribution in [0.3, 0.4) is 0 Å². The maximum atomic E-state index is 10.6. The molecule has 1 atom stereocenters. The Hall–Kier alpha value is -2.17. The Morgan fingerprint density at radius 2 is 1.79 bits per heavy atom. The van der Waals surface area contributed by atoms with Crippen LogP contribution in [0.5, 0.6) is 0 Å². The van der Waals surface area contributed by atoms with Gasteiger partial charge in [0, 0.05) is 12.7 Å². The van der Waals surface area contributed by atoms with Crippen molar-refractivity contribution in [2.24, 2.45) is 5.92 Å². The molecule has 4 nitrogen and oxygen atoms in total. The van der Waals surface area contributed by atoms with Crippen LogP contribution in [0.4, 0.5) is 0 Å². The molecular weight excluding hydrogens is 298 g/mol. The highest BCUT2D eigenvalue weighted by atomic mass is 16.3. The summed E-state index contributed by atoms with van der Waals surface area (Å²) in [6.07, 6.45) is 5.77. The van der Waals surface area contributed by atoms with Gasteiger partial charge in [-0.25, -0.2) is 4.98 Å². The molecule has 124 valence electrons. The Bertz CT molecular complexity index is 791. The number of nitrogens with zero attached hydrogens (tertiary/aromatic N) is 3. The van der Waals surface area contributed by atoms with E-state index < -0.39 is 0 Å². The van der Waals surface area contributed by atoms with Crippen LogP contribution in [0, 0.1) is 5.92 Å². The van der Waals surface area contributed by atoms with Gasteiger partial charge in [0.05, 0.1) is 18.0 Å². The van der Waals surface area contributed by atoms with E-state index >= 15 is 0 Å². The van der Waals surface area contributed by atoms with Crippen molar-refractivity contribution in [3.63, 3.8) is 0 Å². The van der Waals surface area contributed by atoms with Crippen molar-refractivity contribution in [1.82, 2.24) is 14.3 Å². The summed E-state index contributed by atoms with van der Waals surface area (Å²) in [5.74, 6) is 0.353. The first-order chi connectivity index (χ1) is 11.8. The third-order valence-electron chi connectivity index (χ3n) is 5.10. The lowest BCUT2D eigenvalue weighted by Gasteiger charge is -2.34. The molecule has 4 heteroatoms. The van der Waals surface area contributed by atoms with Crippen LogP contribution in [0.1, 0.15) is 30.2 Å². The molecule has 1 unspecified atom stereocenters. The third kappa shape index (κ3) is 3.07. The number of aliphatic hydroxyl groups is 1. The zero-order valence-corrected chi connectivity index (χ0v) is 13.8. The van der Waals surface area contributed by atoms with Crippen molar-refractivity contribution in [2.45, 2.75) is 25.5 Å². The fourth-order valence-corrected chi connectivity index (χ4v) is 3.68. The fourth-order valence-electron chi connectivity index (χ4n) is 3.68. The first-order valence-corrected chi connectivity index (χ1v) is 8.67. The maximum Gasteiger partial charge on any atom is 0.136 e. The highest BCUT2D eigenvalue weighted by molar-refractivity contribution is 5.39. The molecule has 0 saturated carbocycles. The number of pyridine rings is 1. The molecule has 4 rings (SSSR count). The number of rotatable bonds is 4. The van der Waals surface area contributed by atoms with E-state index in [1.54, 1.807) is 0 Å². The van der Waals surface area contributed by atoms with Crippen LogP contribution >= 0.6 is 0 Å². The SMILES string of the molecule is OC(c1ccccc1)C1CCN(Cc2cnc3ccccn23)CC1. The van der Waals surface area contributed by atoms with Crippen LogP contribution in [0.15, 0.2) is 60.9 Å².